The van der Waals surface area contributed by atoms with Crippen LogP contribution in [0, 0.1) is 0 Å². The van der Waals surface area contributed by atoms with Crippen molar-refractivity contribution in [2.24, 2.45) is 0 Å². The Labute approximate surface area is 166 Å². The van der Waals surface area contributed by atoms with Crippen LogP contribution < -0.4 is 10.9 Å². The first-order valence-corrected chi connectivity index (χ1v) is 9.48. The molecule has 0 saturated carbocycles. The minimum Gasteiger partial charge on any atom is -0.322 e. The van der Waals surface area contributed by atoms with Crippen LogP contribution in [0.4, 0.5) is 10.5 Å². The molecule has 0 radical (unpaired) electrons. The molecular formula is C20H20ClN5O2. The maximum absolute atomic E-state index is 12.4. The van der Waals surface area contributed by atoms with Crippen LogP contribution in [0.2, 0.25) is 5.02 Å². The van der Waals surface area contributed by atoms with Crippen LogP contribution in [0.5, 0.6) is 0 Å². The molecule has 144 valence electrons. The third-order valence-corrected chi connectivity index (χ3v) is 5.04. The minimum absolute atomic E-state index is 0.124. The first-order chi connectivity index (χ1) is 13.6. The van der Waals surface area contributed by atoms with Crippen molar-refractivity contribution in [1.29, 1.82) is 0 Å². The highest BCUT2D eigenvalue weighted by molar-refractivity contribution is 6.30. The predicted molar refractivity (Wildman–Crippen MR) is 110 cm³/mol. The monoisotopic (exact) mass is 397 g/mol. The van der Waals surface area contributed by atoms with Gasteiger partial charge in [-0.15, -0.1) is 0 Å². The maximum atomic E-state index is 12.4. The molecule has 1 aromatic heterocycles. The summed E-state index contributed by atoms with van der Waals surface area (Å²) in [6.45, 7) is 3.19. The van der Waals surface area contributed by atoms with Crippen LogP contribution in [0.3, 0.4) is 0 Å². The molecule has 3 aromatic rings. The van der Waals surface area contributed by atoms with Crippen LogP contribution in [-0.4, -0.2) is 52.0 Å². The van der Waals surface area contributed by atoms with E-state index in [4.69, 9.17) is 11.6 Å². The van der Waals surface area contributed by atoms with Crippen LogP contribution in [0.1, 0.15) is 5.82 Å². The quantitative estimate of drug-likeness (QED) is 0.712. The molecule has 1 saturated heterocycles. The van der Waals surface area contributed by atoms with E-state index < -0.39 is 0 Å². The fourth-order valence-electron chi connectivity index (χ4n) is 3.27. The second kappa shape index (κ2) is 8.00. The van der Waals surface area contributed by atoms with Gasteiger partial charge in [0.25, 0.3) is 5.56 Å². The third-order valence-electron chi connectivity index (χ3n) is 4.79. The van der Waals surface area contributed by atoms with E-state index in [-0.39, 0.29) is 11.6 Å². The summed E-state index contributed by atoms with van der Waals surface area (Å²) in [5.41, 5.74) is 1.29. The molecule has 1 aliphatic rings. The summed E-state index contributed by atoms with van der Waals surface area (Å²) < 4.78 is 0. The number of piperazine rings is 1. The van der Waals surface area contributed by atoms with Gasteiger partial charge in [-0.1, -0.05) is 23.7 Å². The van der Waals surface area contributed by atoms with E-state index in [1.165, 1.54) is 0 Å². The third kappa shape index (κ3) is 4.16. The van der Waals surface area contributed by atoms with Gasteiger partial charge in [0.05, 0.1) is 17.4 Å². The fraction of sp³-hybridized carbons (Fsp3) is 0.250. The van der Waals surface area contributed by atoms with Crippen LogP contribution in [0.15, 0.2) is 53.3 Å². The number of urea groups is 1. The van der Waals surface area contributed by atoms with Crippen molar-refractivity contribution >= 4 is 34.2 Å². The first-order valence-electron chi connectivity index (χ1n) is 9.10. The Bertz CT molecular complexity index is 1040. The Kier molecular flexibility index (Phi) is 5.27. The van der Waals surface area contributed by atoms with Crippen molar-refractivity contribution < 1.29 is 4.79 Å². The number of aromatic nitrogens is 2. The molecule has 2 N–H and O–H groups in total. The molecule has 2 aromatic carbocycles. The number of nitrogens with one attached hydrogen (secondary N) is 2. The van der Waals surface area contributed by atoms with Gasteiger partial charge in [0.15, 0.2) is 0 Å². The Balaban J connectivity index is 1.34. The summed E-state index contributed by atoms with van der Waals surface area (Å²) in [4.78, 5) is 36.0. The molecule has 2 amide bonds. The highest BCUT2D eigenvalue weighted by Gasteiger charge is 2.21. The lowest BCUT2D eigenvalue weighted by atomic mass is 10.2. The number of rotatable bonds is 3. The van der Waals surface area contributed by atoms with Crippen molar-refractivity contribution in [3.63, 3.8) is 0 Å². The van der Waals surface area contributed by atoms with E-state index in [0.717, 1.165) is 5.69 Å². The topological polar surface area (TPSA) is 81.3 Å². The lowest BCUT2D eigenvalue weighted by molar-refractivity contribution is 0.141. The van der Waals surface area contributed by atoms with Crippen LogP contribution >= 0.6 is 11.6 Å². The normalized spacial score (nSPS) is 15.0. The molecule has 0 spiro atoms. The predicted octanol–water partition coefficient (Wildman–Crippen LogP) is 2.93. The fourth-order valence-corrected chi connectivity index (χ4v) is 3.39. The van der Waals surface area contributed by atoms with E-state index in [1.54, 1.807) is 35.2 Å². The maximum Gasteiger partial charge on any atom is 0.321 e. The number of nitrogens with zero attached hydrogens (tertiary/aromatic N) is 3. The van der Waals surface area contributed by atoms with Crippen molar-refractivity contribution in [1.82, 2.24) is 19.8 Å². The summed E-state index contributed by atoms with van der Waals surface area (Å²) >= 11 is 5.87. The van der Waals surface area contributed by atoms with Gasteiger partial charge in [0.1, 0.15) is 5.82 Å². The molecular weight excluding hydrogens is 378 g/mol. The standard InChI is InChI=1S/C20H20ClN5O2/c21-14-5-7-15(8-6-14)22-20(28)26-11-9-25(10-12-26)13-18-23-17-4-2-1-3-16(17)19(27)24-18/h1-8H,9-13H2,(H,22,28)(H,23,24,27). The molecule has 0 atom stereocenters. The van der Waals surface area contributed by atoms with Gasteiger partial charge < -0.3 is 15.2 Å². The zero-order valence-corrected chi connectivity index (χ0v) is 15.9. The van der Waals surface area contributed by atoms with Gasteiger partial charge in [0, 0.05) is 36.9 Å². The SMILES string of the molecule is O=C(Nc1ccc(Cl)cc1)N1CCN(Cc2nc3ccccc3c(=O)[nH]2)CC1. The van der Waals surface area contributed by atoms with Gasteiger partial charge in [-0.25, -0.2) is 9.78 Å². The van der Waals surface area contributed by atoms with Crippen LogP contribution in [-0.2, 0) is 6.54 Å². The Morgan fingerprint density at radius 2 is 1.79 bits per heavy atom. The lowest BCUT2D eigenvalue weighted by Gasteiger charge is -2.34. The van der Waals surface area contributed by atoms with E-state index in [2.05, 4.69) is 20.2 Å². The molecule has 1 aliphatic heterocycles. The largest absolute Gasteiger partial charge is 0.322 e. The zero-order chi connectivity index (χ0) is 19.5. The number of aromatic amines is 1. The van der Waals surface area contributed by atoms with Gasteiger partial charge in [0.2, 0.25) is 0 Å². The average molecular weight is 398 g/mol. The highest BCUT2D eigenvalue weighted by Crippen LogP contribution is 2.15. The number of halogens is 1. The van der Waals surface area contributed by atoms with E-state index in [9.17, 15) is 9.59 Å². The summed E-state index contributed by atoms with van der Waals surface area (Å²) in [5.74, 6) is 0.641. The van der Waals surface area contributed by atoms with Gasteiger partial charge >= 0.3 is 6.03 Å². The Morgan fingerprint density at radius 3 is 2.54 bits per heavy atom. The van der Waals surface area contributed by atoms with E-state index in [1.807, 2.05) is 18.2 Å². The number of amides is 2. The molecule has 0 aliphatic carbocycles. The molecule has 2 heterocycles. The smallest absolute Gasteiger partial charge is 0.321 e. The second-order valence-corrected chi connectivity index (χ2v) is 7.17. The number of carbonyl (C=O) groups excluding carboxylic acids is 1. The summed E-state index contributed by atoms with van der Waals surface area (Å²) in [6.07, 6.45) is 0. The molecule has 28 heavy (non-hydrogen) atoms. The van der Waals surface area contributed by atoms with Crippen molar-refractivity contribution in [2.75, 3.05) is 31.5 Å². The molecule has 8 heteroatoms. The lowest BCUT2D eigenvalue weighted by Crippen LogP contribution is -2.49. The Morgan fingerprint density at radius 1 is 1.07 bits per heavy atom. The number of benzene rings is 2. The summed E-state index contributed by atoms with van der Waals surface area (Å²) in [6, 6.07) is 14.2. The van der Waals surface area contributed by atoms with Crippen molar-refractivity contribution in [3.8, 4) is 0 Å². The Hall–Kier alpha value is -2.90. The van der Waals surface area contributed by atoms with Gasteiger partial charge in [-0.3, -0.25) is 9.69 Å². The number of hydrogen-bond donors (Lipinski definition) is 2. The second-order valence-electron chi connectivity index (χ2n) is 6.73. The first kappa shape index (κ1) is 18.5. The van der Waals surface area contributed by atoms with E-state index >= 15 is 0 Å². The number of hydrogen-bond acceptors (Lipinski definition) is 4. The number of anilines is 1. The van der Waals surface area contributed by atoms with Crippen molar-refractivity contribution in [2.45, 2.75) is 6.54 Å². The number of para-hydroxylation sites is 1. The number of H-pyrrole nitrogens is 1. The average Bonchev–Trinajstić information content (AvgIpc) is 2.70. The molecule has 4 rings (SSSR count). The highest BCUT2D eigenvalue weighted by atomic mass is 35.5. The minimum atomic E-state index is -0.126. The van der Waals surface area contributed by atoms with Gasteiger partial charge in [-0.2, -0.15) is 0 Å². The molecule has 0 bridgehead atoms. The molecule has 0 unspecified atom stereocenters. The number of fused-ring (bicyclic) bond motifs is 1. The zero-order valence-electron chi connectivity index (χ0n) is 15.2. The van der Waals surface area contributed by atoms with E-state index in [0.29, 0.717) is 54.5 Å². The molecule has 1 fully saturated rings. The van der Waals surface area contributed by atoms with Crippen LogP contribution in [0.25, 0.3) is 10.9 Å². The van der Waals surface area contributed by atoms with Crippen molar-refractivity contribution in [3.05, 3.63) is 69.7 Å². The summed E-state index contributed by atoms with van der Waals surface area (Å²) in [5, 5.41) is 4.10. The van der Waals surface area contributed by atoms with Gasteiger partial charge in [-0.05, 0) is 36.4 Å². The summed E-state index contributed by atoms with van der Waals surface area (Å²) in [7, 11) is 0. The molecule has 7 nitrogen and oxygen atoms in total. The number of carbonyl (C=O) groups is 1.